The smallest absolute Gasteiger partial charge is 0.291 e. The van der Waals surface area contributed by atoms with Crippen LogP contribution >= 0.6 is 0 Å². The number of rotatable bonds is 7. The number of hydrogen-bond acceptors (Lipinski definition) is 6. The molecule has 2 heterocycles. The summed E-state index contributed by atoms with van der Waals surface area (Å²) in [4.78, 5) is 34.9. The molecule has 2 aromatic heterocycles. The second-order valence-electron chi connectivity index (χ2n) is 6.72. The Morgan fingerprint density at radius 2 is 1.78 bits per heavy atom. The van der Waals surface area contributed by atoms with Crippen molar-refractivity contribution < 1.29 is 23.3 Å². The second-order valence-corrected chi connectivity index (χ2v) is 6.72. The van der Waals surface area contributed by atoms with Crippen molar-refractivity contribution in [1.29, 1.82) is 0 Å². The number of anilines is 1. The lowest BCUT2D eigenvalue weighted by atomic mass is 10.1. The monoisotopic (exact) mass is 428 g/mol. The first kappa shape index (κ1) is 20.5. The number of nitro benzene ring substituents is 1. The van der Waals surface area contributed by atoms with Crippen LogP contribution in [-0.4, -0.2) is 16.6 Å². The van der Waals surface area contributed by atoms with Crippen LogP contribution in [0.5, 0.6) is 0 Å². The number of carbonyl (C=O) groups is 2. The topological polar surface area (TPSA) is 116 Å². The quantitative estimate of drug-likeness (QED) is 0.177. The minimum absolute atomic E-state index is 0.0324. The summed E-state index contributed by atoms with van der Waals surface area (Å²) < 4.78 is 10.7. The molecule has 0 saturated heterocycles. The van der Waals surface area contributed by atoms with Gasteiger partial charge in [-0.3, -0.25) is 19.7 Å². The summed E-state index contributed by atoms with van der Waals surface area (Å²) in [6.07, 6.45) is 4.30. The van der Waals surface area contributed by atoms with Crippen LogP contribution in [-0.2, 0) is 0 Å². The van der Waals surface area contributed by atoms with Crippen LogP contribution in [0.4, 0.5) is 11.4 Å². The fourth-order valence-electron chi connectivity index (χ4n) is 2.94. The van der Waals surface area contributed by atoms with E-state index in [2.05, 4.69) is 5.32 Å². The van der Waals surface area contributed by atoms with E-state index in [4.69, 9.17) is 8.83 Å². The lowest BCUT2D eigenvalue weighted by Crippen LogP contribution is -2.10. The van der Waals surface area contributed by atoms with Gasteiger partial charge in [-0.2, -0.15) is 0 Å². The molecule has 1 N–H and O–H groups in total. The van der Waals surface area contributed by atoms with E-state index in [1.165, 1.54) is 30.5 Å². The van der Waals surface area contributed by atoms with Gasteiger partial charge in [-0.15, -0.1) is 0 Å². The first-order valence-corrected chi connectivity index (χ1v) is 9.51. The molecule has 2 aromatic carbocycles. The molecule has 4 rings (SSSR count). The number of furan rings is 2. The predicted molar refractivity (Wildman–Crippen MR) is 117 cm³/mol. The molecule has 0 radical (unpaired) electrons. The van der Waals surface area contributed by atoms with Crippen molar-refractivity contribution in [3.8, 4) is 11.3 Å². The van der Waals surface area contributed by atoms with Gasteiger partial charge >= 0.3 is 0 Å². The van der Waals surface area contributed by atoms with E-state index in [0.29, 0.717) is 28.3 Å². The van der Waals surface area contributed by atoms with Crippen molar-refractivity contribution in [3.63, 3.8) is 0 Å². The van der Waals surface area contributed by atoms with Crippen molar-refractivity contribution in [1.82, 2.24) is 0 Å². The molecule has 0 spiro atoms. The first-order chi connectivity index (χ1) is 15.5. The normalized spacial score (nSPS) is 10.9. The number of nitrogens with zero attached hydrogens (tertiary/aromatic N) is 1. The number of amides is 1. The maximum atomic E-state index is 12.4. The minimum Gasteiger partial charge on any atom is -0.459 e. The van der Waals surface area contributed by atoms with Gasteiger partial charge in [-0.25, -0.2) is 0 Å². The average Bonchev–Trinajstić information content (AvgIpc) is 3.50. The van der Waals surface area contributed by atoms with Gasteiger partial charge in [0, 0.05) is 28.9 Å². The lowest BCUT2D eigenvalue weighted by molar-refractivity contribution is -0.384. The predicted octanol–water partition coefficient (Wildman–Crippen LogP) is 5.60. The van der Waals surface area contributed by atoms with Crippen molar-refractivity contribution >= 4 is 29.1 Å². The maximum absolute atomic E-state index is 12.4. The number of non-ortho nitro benzene ring substituents is 1. The number of nitro groups is 1. The minimum atomic E-state index is -0.473. The number of carbonyl (C=O) groups excluding carboxylic acids is 2. The highest BCUT2D eigenvalue weighted by atomic mass is 16.6. The molecule has 0 aliphatic carbocycles. The van der Waals surface area contributed by atoms with E-state index in [9.17, 15) is 19.7 Å². The standard InChI is InChI=1S/C24H16N2O6/c27-21(16-6-8-18(9-7-16)25-24(28)23-5-2-14-31-23)12-10-20-11-13-22(32-20)17-3-1-4-19(15-17)26(29)30/h1-15H,(H,25,28)/b12-10+. The van der Waals surface area contributed by atoms with Gasteiger partial charge in [-0.1, -0.05) is 12.1 Å². The van der Waals surface area contributed by atoms with Crippen LogP contribution in [0.3, 0.4) is 0 Å². The molecule has 0 aliphatic heterocycles. The Hall–Kier alpha value is -4.72. The van der Waals surface area contributed by atoms with Crippen LogP contribution in [0, 0.1) is 10.1 Å². The number of hydrogen-bond donors (Lipinski definition) is 1. The van der Waals surface area contributed by atoms with Gasteiger partial charge in [0.25, 0.3) is 11.6 Å². The zero-order valence-electron chi connectivity index (χ0n) is 16.6. The molecule has 0 unspecified atom stereocenters. The summed E-state index contributed by atoms with van der Waals surface area (Å²) in [7, 11) is 0. The van der Waals surface area contributed by atoms with E-state index >= 15 is 0 Å². The van der Waals surface area contributed by atoms with Gasteiger partial charge in [0.05, 0.1) is 11.2 Å². The third-order valence-electron chi connectivity index (χ3n) is 4.54. The summed E-state index contributed by atoms with van der Waals surface area (Å²) in [5.41, 5.74) is 1.49. The highest BCUT2D eigenvalue weighted by Crippen LogP contribution is 2.26. The summed E-state index contributed by atoms with van der Waals surface area (Å²) in [6.45, 7) is 0. The molecular formula is C24H16N2O6. The molecule has 0 atom stereocenters. The van der Waals surface area contributed by atoms with E-state index < -0.39 is 4.92 Å². The average molecular weight is 428 g/mol. The van der Waals surface area contributed by atoms with Crippen LogP contribution in [0.25, 0.3) is 17.4 Å². The van der Waals surface area contributed by atoms with Crippen molar-refractivity contribution in [2.24, 2.45) is 0 Å². The second kappa shape index (κ2) is 8.97. The Balaban J connectivity index is 1.41. The van der Waals surface area contributed by atoms with Crippen molar-refractivity contribution in [2.75, 3.05) is 5.32 Å². The molecule has 0 aliphatic rings. The van der Waals surface area contributed by atoms with Gasteiger partial charge in [0.15, 0.2) is 11.5 Å². The van der Waals surface area contributed by atoms with Gasteiger partial charge < -0.3 is 14.2 Å². The summed E-state index contributed by atoms with van der Waals surface area (Å²) in [5, 5.41) is 13.6. The molecule has 0 bridgehead atoms. The SMILES string of the molecule is O=C(/C=C/c1ccc(-c2cccc([N+](=O)[O-])c2)o1)c1ccc(NC(=O)c2ccco2)cc1. The Labute approximate surface area is 181 Å². The van der Waals surface area contributed by atoms with Crippen molar-refractivity contribution in [2.45, 2.75) is 0 Å². The van der Waals surface area contributed by atoms with Crippen LogP contribution < -0.4 is 5.32 Å². The largest absolute Gasteiger partial charge is 0.459 e. The fourth-order valence-corrected chi connectivity index (χ4v) is 2.94. The maximum Gasteiger partial charge on any atom is 0.291 e. The Morgan fingerprint density at radius 3 is 2.50 bits per heavy atom. The van der Waals surface area contributed by atoms with Gasteiger partial charge in [0.2, 0.25) is 0 Å². The Kier molecular flexibility index (Phi) is 5.76. The van der Waals surface area contributed by atoms with E-state index in [1.54, 1.807) is 60.7 Å². The summed E-state index contributed by atoms with van der Waals surface area (Å²) in [5.74, 6) is 0.448. The molecule has 8 nitrogen and oxygen atoms in total. The summed E-state index contributed by atoms with van der Waals surface area (Å²) in [6, 6.07) is 19.1. The molecule has 8 heteroatoms. The highest BCUT2D eigenvalue weighted by Gasteiger charge is 2.11. The van der Waals surface area contributed by atoms with Gasteiger partial charge in [-0.05, 0) is 60.7 Å². The van der Waals surface area contributed by atoms with E-state index in [0.717, 1.165) is 0 Å². The van der Waals surface area contributed by atoms with Crippen LogP contribution in [0.1, 0.15) is 26.7 Å². The fraction of sp³-hybridized carbons (Fsp3) is 0. The molecule has 158 valence electrons. The van der Waals surface area contributed by atoms with Gasteiger partial charge in [0.1, 0.15) is 11.5 Å². The molecular weight excluding hydrogens is 412 g/mol. The third-order valence-corrected chi connectivity index (χ3v) is 4.54. The number of nitrogens with one attached hydrogen (secondary N) is 1. The summed E-state index contributed by atoms with van der Waals surface area (Å²) >= 11 is 0. The Morgan fingerprint density at radius 1 is 0.969 bits per heavy atom. The first-order valence-electron chi connectivity index (χ1n) is 9.51. The van der Waals surface area contributed by atoms with Crippen LogP contribution in [0.2, 0.25) is 0 Å². The van der Waals surface area contributed by atoms with E-state index in [1.807, 2.05) is 0 Å². The molecule has 32 heavy (non-hydrogen) atoms. The number of allylic oxidation sites excluding steroid dienone is 1. The zero-order valence-corrected chi connectivity index (χ0v) is 16.6. The Bertz CT molecular complexity index is 1300. The number of ketones is 1. The highest BCUT2D eigenvalue weighted by molar-refractivity contribution is 6.07. The number of benzene rings is 2. The molecule has 4 aromatic rings. The zero-order chi connectivity index (χ0) is 22.5. The molecule has 0 saturated carbocycles. The van der Waals surface area contributed by atoms with Crippen LogP contribution in [0.15, 0.2) is 94.0 Å². The molecule has 0 fully saturated rings. The molecule has 1 amide bonds. The lowest BCUT2D eigenvalue weighted by Gasteiger charge is -2.03. The van der Waals surface area contributed by atoms with Crippen molar-refractivity contribution in [3.05, 3.63) is 112 Å². The van der Waals surface area contributed by atoms with E-state index in [-0.39, 0.29) is 23.1 Å². The third kappa shape index (κ3) is 4.71.